The summed E-state index contributed by atoms with van der Waals surface area (Å²) in [6.07, 6.45) is 12.2. The summed E-state index contributed by atoms with van der Waals surface area (Å²) in [5, 5.41) is 9.71. The number of nitrogens with one attached hydrogen (secondary N) is 1. The fraction of sp³-hybridized carbons (Fsp3) is 0.455. The molecule has 0 bridgehead atoms. The first kappa shape index (κ1) is 28.6. The Balaban J connectivity index is 1.06. The minimum absolute atomic E-state index is 0.0519. The summed E-state index contributed by atoms with van der Waals surface area (Å²) in [7, 11) is 0. The number of amides is 1. The highest BCUT2D eigenvalue weighted by Crippen LogP contribution is 2.31. The summed E-state index contributed by atoms with van der Waals surface area (Å²) in [5.41, 5.74) is 3.79. The number of hydrogen-bond acceptors (Lipinski definition) is 7. The van der Waals surface area contributed by atoms with Gasteiger partial charge in [-0.3, -0.25) is 19.4 Å². The summed E-state index contributed by atoms with van der Waals surface area (Å²) in [6, 6.07) is 12.1. The van der Waals surface area contributed by atoms with E-state index in [0.29, 0.717) is 19.6 Å². The van der Waals surface area contributed by atoms with Crippen LogP contribution in [0, 0.1) is 18.8 Å². The van der Waals surface area contributed by atoms with E-state index in [1.54, 1.807) is 17.6 Å². The van der Waals surface area contributed by atoms with Crippen molar-refractivity contribution in [2.24, 2.45) is 16.8 Å². The van der Waals surface area contributed by atoms with Crippen LogP contribution in [0.3, 0.4) is 0 Å². The van der Waals surface area contributed by atoms with Gasteiger partial charge < -0.3 is 10.1 Å². The number of ether oxygens (including phenoxy) is 1. The predicted molar refractivity (Wildman–Crippen MR) is 170 cm³/mol. The van der Waals surface area contributed by atoms with Crippen molar-refractivity contribution in [3.63, 3.8) is 0 Å². The summed E-state index contributed by atoms with van der Waals surface area (Å²) in [4.78, 5) is 26.2. The van der Waals surface area contributed by atoms with Crippen molar-refractivity contribution in [1.29, 1.82) is 0 Å². The molecular weight excluding hydrogens is 544 g/mol. The number of aromatic nitrogens is 3. The van der Waals surface area contributed by atoms with E-state index in [9.17, 15) is 4.79 Å². The molecule has 0 aliphatic carbocycles. The van der Waals surface area contributed by atoms with Crippen LogP contribution in [0.25, 0.3) is 10.9 Å². The Labute approximate surface area is 251 Å². The number of carbonyl (C=O) groups excluding carboxylic acids is 1. The van der Waals surface area contributed by atoms with Crippen molar-refractivity contribution in [3.8, 4) is 5.75 Å². The van der Waals surface area contributed by atoms with Crippen molar-refractivity contribution < 1.29 is 9.53 Å². The zero-order chi connectivity index (χ0) is 28.9. The molecule has 4 heterocycles. The Kier molecular flexibility index (Phi) is 8.95. The molecule has 2 unspecified atom stereocenters. The van der Waals surface area contributed by atoms with E-state index in [-0.39, 0.29) is 11.8 Å². The van der Waals surface area contributed by atoms with Gasteiger partial charge in [0.2, 0.25) is 5.91 Å². The number of hydrogen-bond donors (Lipinski definition) is 1. The lowest BCUT2D eigenvalue weighted by atomic mass is 9.98. The number of anilines is 1. The quantitative estimate of drug-likeness (QED) is 0.251. The van der Waals surface area contributed by atoms with Gasteiger partial charge in [0, 0.05) is 35.3 Å². The number of nitrogens with zero attached hydrogens (tertiary/aromatic N) is 5. The highest BCUT2D eigenvalue weighted by Gasteiger charge is 2.22. The molecule has 1 N–H and O–H groups in total. The van der Waals surface area contributed by atoms with Crippen LogP contribution in [0.15, 0.2) is 53.8 Å². The van der Waals surface area contributed by atoms with E-state index >= 15 is 0 Å². The molecule has 9 heteroatoms. The SMILES string of the molecule is Cc1ncc(Cn2ncc3c(NC(=O)C4C=Nc5cc(OCCN6CCCCC(C)CC6)ccc5CC4)cccc32)s1. The monoisotopic (exact) mass is 584 g/mol. The van der Waals surface area contributed by atoms with E-state index in [1.165, 1.54) is 25.7 Å². The molecule has 2 aromatic heterocycles. The van der Waals surface area contributed by atoms with Crippen molar-refractivity contribution >= 4 is 45.7 Å². The topological polar surface area (TPSA) is 84.6 Å². The van der Waals surface area contributed by atoms with Gasteiger partial charge >= 0.3 is 0 Å². The number of carbonyl (C=O) groups is 1. The van der Waals surface area contributed by atoms with E-state index in [2.05, 4.69) is 33.3 Å². The zero-order valence-electron chi connectivity index (χ0n) is 24.6. The Hall–Kier alpha value is -3.56. The molecular formula is C33H40N6O2S. The largest absolute Gasteiger partial charge is 0.492 e. The van der Waals surface area contributed by atoms with Crippen LogP contribution in [0.4, 0.5) is 11.4 Å². The fourth-order valence-corrected chi connectivity index (χ4v) is 6.69. The second-order valence-corrected chi connectivity index (χ2v) is 13.0. The number of aliphatic imine (C=N–C) groups is 1. The lowest BCUT2D eigenvalue weighted by molar-refractivity contribution is -0.118. The molecule has 42 heavy (non-hydrogen) atoms. The number of rotatable bonds is 8. The lowest BCUT2D eigenvalue weighted by Crippen LogP contribution is -2.32. The standard InChI is InChI=1S/C33H40N6O2S/c1-23-6-3-4-14-38(15-13-23)16-17-41-27-12-11-25-9-10-26(19-35-31(25)18-27)33(40)37-30-7-5-8-32-29(30)21-36-39(32)22-28-20-34-24(2)42-28/h5,7-8,11-12,18-21,23,26H,3-4,6,9-10,13-17,22H2,1-2H3,(H,37,40). The molecule has 2 aromatic carbocycles. The first-order chi connectivity index (χ1) is 20.5. The van der Waals surface area contributed by atoms with Crippen molar-refractivity contribution in [1.82, 2.24) is 19.7 Å². The van der Waals surface area contributed by atoms with Crippen molar-refractivity contribution in [2.75, 3.05) is 31.6 Å². The van der Waals surface area contributed by atoms with Gasteiger partial charge in [-0.2, -0.15) is 5.10 Å². The van der Waals surface area contributed by atoms with E-state index < -0.39 is 0 Å². The molecule has 0 spiro atoms. The Morgan fingerprint density at radius 3 is 2.93 bits per heavy atom. The number of thiazole rings is 1. The maximum absolute atomic E-state index is 13.4. The van der Waals surface area contributed by atoms with Crippen LogP contribution in [-0.2, 0) is 17.8 Å². The van der Waals surface area contributed by atoms with Gasteiger partial charge in [0.05, 0.1) is 40.6 Å². The van der Waals surface area contributed by atoms with Crippen LogP contribution in [-0.4, -0.2) is 58.0 Å². The molecule has 0 radical (unpaired) electrons. The average molecular weight is 585 g/mol. The Morgan fingerprint density at radius 2 is 2.05 bits per heavy atom. The number of aryl methyl sites for hydroxylation is 2. The van der Waals surface area contributed by atoms with Gasteiger partial charge in [0.1, 0.15) is 12.4 Å². The zero-order valence-corrected chi connectivity index (χ0v) is 25.4. The van der Waals surface area contributed by atoms with E-state index in [4.69, 9.17) is 9.73 Å². The summed E-state index contributed by atoms with van der Waals surface area (Å²) < 4.78 is 8.10. The van der Waals surface area contributed by atoms with Gasteiger partial charge in [-0.15, -0.1) is 11.3 Å². The molecule has 1 saturated heterocycles. The van der Waals surface area contributed by atoms with Crippen LogP contribution in [0.1, 0.15) is 54.5 Å². The third kappa shape index (κ3) is 6.90. The molecule has 220 valence electrons. The van der Waals surface area contributed by atoms with E-state index in [0.717, 1.165) is 75.4 Å². The third-order valence-electron chi connectivity index (χ3n) is 8.47. The second kappa shape index (κ2) is 13.2. The maximum Gasteiger partial charge on any atom is 0.232 e. The second-order valence-electron chi connectivity index (χ2n) is 11.7. The summed E-state index contributed by atoms with van der Waals surface area (Å²) >= 11 is 1.67. The Morgan fingerprint density at radius 1 is 1.12 bits per heavy atom. The van der Waals surface area contributed by atoms with Crippen LogP contribution in [0.2, 0.25) is 0 Å². The van der Waals surface area contributed by atoms with Crippen molar-refractivity contribution in [3.05, 3.63) is 64.2 Å². The molecule has 0 saturated carbocycles. The van der Waals surface area contributed by atoms with Crippen LogP contribution < -0.4 is 10.1 Å². The summed E-state index contributed by atoms with van der Waals surface area (Å²) in [6.45, 7) is 8.98. The maximum atomic E-state index is 13.4. The normalized spacial score (nSPS) is 19.6. The average Bonchev–Trinajstić information content (AvgIpc) is 3.52. The molecule has 1 amide bonds. The smallest absolute Gasteiger partial charge is 0.232 e. The van der Waals surface area contributed by atoms with Gasteiger partial charge in [0.15, 0.2) is 0 Å². The van der Waals surface area contributed by atoms with Gasteiger partial charge in [-0.05, 0) is 75.4 Å². The van der Waals surface area contributed by atoms with Gasteiger partial charge in [-0.1, -0.05) is 31.9 Å². The number of benzene rings is 2. The minimum Gasteiger partial charge on any atom is -0.492 e. The minimum atomic E-state index is -0.318. The molecule has 1 fully saturated rings. The van der Waals surface area contributed by atoms with Gasteiger partial charge in [0.25, 0.3) is 0 Å². The first-order valence-corrected chi connectivity index (χ1v) is 16.0. The third-order valence-corrected chi connectivity index (χ3v) is 9.36. The van der Waals surface area contributed by atoms with Crippen LogP contribution >= 0.6 is 11.3 Å². The molecule has 2 aliphatic rings. The predicted octanol–water partition coefficient (Wildman–Crippen LogP) is 6.64. The highest BCUT2D eigenvalue weighted by molar-refractivity contribution is 7.11. The highest BCUT2D eigenvalue weighted by atomic mass is 32.1. The number of fused-ring (bicyclic) bond motifs is 2. The molecule has 8 nitrogen and oxygen atoms in total. The molecule has 2 atom stereocenters. The van der Waals surface area contributed by atoms with Gasteiger partial charge in [-0.25, -0.2) is 4.98 Å². The molecule has 6 rings (SSSR count). The summed E-state index contributed by atoms with van der Waals surface area (Å²) in [5.74, 6) is 1.29. The first-order valence-electron chi connectivity index (χ1n) is 15.2. The number of likely N-dealkylation sites (tertiary alicyclic amines) is 1. The van der Waals surface area contributed by atoms with E-state index in [1.807, 2.05) is 54.3 Å². The Bertz CT molecular complexity index is 1560. The molecule has 2 aliphatic heterocycles. The molecule has 4 aromatic rings. The van der Waals surface area contributed by atoms with Crippen LogP contribution in [0.5, 0.6) is 5.75 Å². The van der Waals surface area contributed by atoms with Crippen molar-refractivity contribution in [2.45, 2.75) is 58.9 Å². The lowest BCUT2D eigenvalue weighted by Gasteiger charge is -2.26. The fourth-order valence-electron chi connectivity index (χ4n) is 5.91.